The molecule has 1 fully saturated rings. The number of hydrogen-bond acceptors (Lipinski definition) is 5. The van der Waals surface area contributed by atoms with Crippen LogP contribution in [0.4, 0.5) is 0 Å². The number of nitrogens with one attached hydrogen (secondary N) is 3. The molecular weight excluding hydrogens is 288 g/mol. The SMILES string of the molecule is COCCCCN/C(=C\C(=N)[C@@H](C)NC1CC1)C1=CCCC=N1. The van der Waals surface area contributed by atoms with E-state index in [1.807, 2.05) is 12.3 Å². The third kappa shape index (κ3) is 6.67. The van der Waals surface area contributed by atoms with E-state index in [1.165, 1.54) is 12.8 Å². The Morgan fingerprint density at radius 1 is 1.43 bits per heavy atom. The molecule has 23 heavy (non-hydrogen) atoms. The average molecular weight is 318 g/mol. The Hall–Kier alpha value is -1.46. The van der Waals surface area contributed by atoms with Gasteiger partial charge in [0.2, 0.25) is 0 Å². The first kappa shape index (κ1) is 17.9. The molecule has 5 nitrogen and oxygen atoms in total. The van der Waals surface area contributed by atoms with Crippen LogP contribution in [0.2, 0.25) is 0 Å². The van der Waals surface area contributed by atoms with Crippen LogP contribution in [0.25, 0.3) is 0 Å². The lowest BCUT2D eigenvalue weighted by atomic mass is 10.1. The minimum absolute atomic E-state index is 0.0842. The highest BCUT2D eigenvalue weighted by Crippen LogP contribution is 2.20. The van der Waals surface area contributed by atoms with Gasteiger partial charge >= 0.3 is 0 Å². The van der Waals surface area contributed by atoms with Crippen LogP contribution in [-0.2, 0) is 4.74 Å². The van der Waals surface area contributed by atoms with Crippen molar-refractivity contribution in [3.63, 3.8) is 0 Å². The van der Waals surface area contributed by atoms with E-state index in [9.17, 15) is 0 Å². The smallest absolute Gasteiger partial charge is 0.0818 e. The van der Waals surface area contributed by atoms with Gasteiger partial charge in [0.15, 0.2) is 0 Å². The molecule has 1 saturated carbocycles. The summed E-state index contributed by atoms with van der Waals surface area (Å²) in [5.41, 5.74) is 2.54. The fourth-order valence-corrected chi connectivity index (χ4v) is 2.47. The topological polar surface area (TPSA) is 69.5 Å². The summed E-state index contributed by atoms with van der Waals surface area (Å²) in [6.07, 6.45) is 12.6. The second-order valence-electron chi connectivity index (χ2n) is 6.28. The normalized spacial score (nSPS) is 19.4. The van der Waals surface area contributed by atoms with Crippen LogP contribution in [0.1, 0.15) is 45.4 Å². The number of ether oxygens (including phenoxy) is 1. The molecule has 0 aromatic rings. The number of aliphatic imine (C=N–C) groups is 1. The van der Waals surface area contributed by atoms with Crippen molar-refractivity contribution in [2.24, 2.45) is 4.99 Å². The maximum absolute atomic E-state index is 8.33. The number of allylic oxidation sites excluding steroid dienone is 1. The molecule has 0 radical (unpaired) electrons. The second-order valence-corrected chi connectivity index (χ2v) is 6.28. The lowest BCUT2D eigenvalue weighted by molar-refractivity contribution is 0.193. The number of methoxy groups -OCH3 is 1. The van der Waals surface area contributed by atoms with E-state index in [0.29, 0.717) is 11.8 Å². The number of nitrogens with zero attached hydrogens (tertiary/aromatic N) is 1. The van der Waals surface area contributed by atoms with Gasteiger partial charge in [-0.05, 0) is 51.5 Å². The Labute approximate surface area is 139 Å². The van der Waals surface area contributed by atoms with Crippen LogP contribution >= 0.6 is 0 Å². The zero-order valence-electron chi connectivity index (χ0n) is 14.4. The van der Waals surface area contributed by atoms with E-state index >= 15 is 0 Å². The van der Waals surface area contributed by atoms with Gasteiger partial charge in [0.1, 0.15) is 0 Å². The molecule has 0 aromatic carbocycles. The van der Waals surface area contributed by atoms with Crippen molar-refractivity contribution >= 4 is 11.9 Å². The van der Waals surface area contributed by atoms with Crippen molar-refractivity contribution in [1.82, 2.24) is 10.6 Å². The molecule has 1 aliphatic heterocycles. The predicted molar refractivity (Wildman–Crippen MR) is 96.4 cm³/mol. The zero-order valence-corrected chi connectivity index (χ0v) is 14.4. The van der Waals surface area contributed by atoms with E-state index in [0.717, 1.165) is 50.2 Å². The minimum atomic E-state index is 0.0842. The van der Waals surface area contributed by atoms with Crippen molar-refractivity contribution < 1.29 is 4.74 Å². The molecule has 3 N–H and O–H groups in total. The minimum Gasteiger partial charge on any atom is -0.385 e. The molecule has 0 unspecified atom stereocenters. The third-order valence-electron chi connectivity index (χ3n) is 4.06. The first-order valence-electron chi connectivity index (χ1n) is 8.72. The van der Waals surface area contributed by atoms with Gasteiger partial charge in [-0.15, -0.1) is 0 Å². The number of rotatable bonds is 11. The molecule has 128 valence electrons. The van der Waals surface area contributed by atoms with Crippen molar-refractivity contribution in [2.75, 3.05) is 20.3 Å². The monoisotopic (exact) mass is 318 g/mol. The largest absolute Gasteiger partial charge is 0.385 e. The van der Waals surface area contributed by atoms with Crippen LogP contribution in [0, 0.1) is 5.41 Å². The maximum atomic E-state index is 8.33. The molecule has 1 atom stereocenters. The molecule has 1 heterocycles. The van der Waals surface area contributed by atoms with Gasteiger partial charge in [-0.3, -0.25) is 4.99 Å². The zero-order chi connectivity index (χ0) is 16.5. The summed E-state index contributed by atoms with van der Waals surface area (Å²) in [7, 11) is 1.73. The van der Waals surface area contributed by atoms with Gasteiger partial charge in [-0.25, -0.2) is 0 Å². The molecule has 0 spiro atoms. The molecule has 0 amide bonds. The fourth-order valence-electron chi connectivity index (χ4n) is 2.47. The molecule has 1 aliphatic carbocycles. The van der Waals surface area contributed by atoms with Crippen LogP contribution in [0.5, 0.6) is 0 Å². The first-order valence-corrected chi connectivity index (χ1v) is 8.72. The van der Waals surface area contributed by atoms with Crippen molar-refractivity contribution in [2.45, 2.75) is 57.5 Å². The summed E-state index contributed by atoms with van der Waals surface area (Å²) in [5.74, 6) is 0. The Balaban J connectivity index is 1.93. The highest BCUT2D eigenvalue weighted by Gasteiger charge is 2.24. The maximum Gasteiger partial charge on any atom is 0.0818 e. The fraction of sp³-hybridized carbons (Fsp3) is 0.667. The standard InChI is InChI=1S/C18H30N4O/c1-14(22-15-8-9-15)16(19)13-18(17-7-3-4-10-20-17)21-11-5-6-12-23-2/h7,10,13-15,19,21-22H,3-6,8-9,11-12H2,1-2H3/b18-13-,19-16?/t14-/m1/s1. The molecule has 5 heteroatoms. The molecule has 2 rings (SSSR count). The number of hydrogen-bond donors (Lipinski definition) is 3. The summed E-state index contributed by atoms with van der Waals surface area (Å²) in [4.78, 5) is 4.49. The predicted octanol–water partition coefficient (Wildman–Crippen LogP) is 2.80. The highest BCUT2D eigenvalue weighted by atomic mass is 16.5. The van der Waals surface area contributed by atoms with E-state index in [2.05, 4.69) is 28.6 Å². The summed E-state index contributed by atoms with van der Waals surface area (Å²) in [6.45, 7) is 3.73. The average Bonchev–Trinajstić information content (AvgIpc) is 3.38. The highest BCUT2D eigenvalue weighted by molar-refractivity contribution is 5.97. The molecule has 0 aromatic heterocycles. The van der Waals surface area contributed by atoms with Crippen molar-refractivity contribution in [3.8, 4) is 0 Å². The summed E-state index contributed by atoms with van der Waals surface area (Å²) in [5, 5.41) is 15.3. The van der Waals surface area contributed by atoms with Gasteiger partial charge in [0.25, 0.3) is 0 Å². The van der Waals surface area contributed by atoms with Gasteiger partial charge in [-0.2, -0.15) is 0 Å². The number of unbranched alkanes of at least 4 members (excludes halogenated alkanes) is 1. The summed E-state index contributed by atoms with van der Waals surface area (Å²) >= 11 is 0. The van der Waals surface area contributed by atoms with Crippen LogP contribution in [0.15, 0.2) is 28.5 Å². The van der Waals surface area contributed by atoms with Gasteiger partial charge in [0.05, 0.1) is 17.1 Å². The van der Waals surface area contributed by atoms with Crippen LogP contribution in [-0.4, -0.2) is 44.3 Å². The van der Waals surface area contributed by atoms with Crippen molar-refractivity contribution in [3.05, 3.63) is 23.5 Å². The molecule has 0 saturated heterocycles. The molecule has 2 aliphatic rings. The van der Waals surface area contributed by atoms with Gasteiger partial charge in [0, 0.05) is 38.6 Å². The second kappa shape index (κ2) is 9.63. The Morgan fingerprint density at radius 3 is 2.91 bits per heavy atom. The van der Waals surface area contributed by atoms with E-state index < -0.39 is 0 Å². The Bertz CT molecular complexity index is 477. The van der Waals surface area contributed by atoms with E-state index in [4.69, 9.17) is 10.1 Å². The molecular formula is C18H30N4O. The van der Waals surface area contributed by atoms with Gasteiger partial charge in [-0.1, -0.05) is 6.08 Å². The quantitative estimate of drug-likeness (QED) is 0.405. The van der Waals surface area contributed by atoms with E-state index in [-0.39, 0.29) is 6.04 Å². The molecule has 0 bridgehead atoms. The third-order valence-corrected chi connectivity index (χ3v) is 4.06. The van der Waals surface area contributed by atoms with Crippen LogP contribution < -0.4 is 10.6 Å². The Kier molecular flexibility index (Phi) is 7.49. The van der Waals surface area contributed by atoms with Gasteiger partial charge < -0.3 is 20.8 Å². The van der Waals surface area contributed by atoms with Crippen molar-refractivity contribution in [1.29, 1.82) is 5.41 Å². The summed E-state index contributed by atoms with van der Waals surface area (Å²) in [6, 6.07) is 0.692. The van der Waals surface area contributed by atoms with E-state index in [1.54, 1.807) is 7.11 Å². The van der Waals surface area contributed by atoms with Crippen LogP contribution in [0.3, 0.4) is 0 Å². The lowest BCUT2D eigenvalue weighted by Gasteiger charge is -2.17. The lowest BCUT2D eigenvalue weighted by Crippen LogP contribution is -2.34. The Morgan fingerprint density at radius 2 is 2.26 bits per heavy atom. The summed E-state index contributed by atoms with van der Waals surface area (Å²) < 4.78 is 5.08. The first-order chi connectivity index (χ1) is 11.2.